The lowest BCUT2D eigenvalue weighted by atomic mass is 10.2. The fourth-order valence-corrected chi connectivity index (χ4v) is 2.75. The maximum Gasteiger partial charge on any atom is 0.311 e. The molecule has 144 valence electrons. The summed E-state index contributed by atoms with van der Waals surface area (Å²) in [6.07, 6.45) is 1.65. The normalized spacial score (nSPS) is 10.7. The molecule has 0 fully saturated rings. The van der Waals surface area contributed by atoms with Crippen molar-refractivity contribution in [2.45, 2.75) is 26.4 Å². The average molecular weight is 399 g/mol. The van der Waals surface area contributed by atoms with E-state index in [1.165, 1.54) is 12.1 Å². The Morgan fingerprint density at radius 2 is 1.89 bits per heavy atom. The number of para-hydroxylation sites is 1. The van der Waals surface area contributed by atoms with Gasteiger partial charge in [-0.05, 0) is 37.6 Å². The SMILES string of the molecule is CC(C)N(Cc1ccc(Cl)nc1)c1nc(Oc2ccccc2)ccc1[N+](=O)[O-]. The van der Waals surface area contributed by atoms with Crippen molar-refractivity contribution in [2.24, 2.45) is 0 Å². The highest BCUT2D eigenvalue weighted by Gasteiger charge is 2.25. The van der Waals surface area contributed by atoms with Crippen molar-refractivity contribution < 1.29 is 9.66 Å². The van der Waals surface area contributed by atoms with Crippen LogP contribution >= 0.6 is 11.6 Å². The zero-order valence-electron chi connectivity index (χ0n) is 15.4. The van der Waals surface area contributed by atoms with Gasteiger partial charge >= 0.3 is 5.69 Å². The number of hydrogen-bond acceptors (Lipinski definition) is 6. The van der Waals surface area contributed by atoms with Crippen molar-refractivity contribution in [3.63, 3.8) is 0 Å². The molecule has 7 nitrogen and oxygen atoms in total. The van der Waals surface area contributed by atoms with Gasteiger partial charge in [0.1, 0.15) is 10.9 Å². The molecule has 2 aromatic heterocycles. The van der Waals surface area contributed by atoms with E-state index in [9.17, 15) is 10.1 Å². The number of aromatic nitrogens is 2. The lowest BCUT2D eigenvalue weighted by molar-refractivity contribution is -0.384. The fraction of sp³-hybridized carbons (Fsp3) is 0.200. The van der Waals surface area contributed by atoms with Crippen molar-refractivity contribution in [1.29, 1.82) is 0 Å². The molecule has 0 atom stereocenters. The summed E-state index contributed by atoms with van der Waals surface area (Å²) in [5.74, 6) is 1.13. The molecule has 3 aromatic rings. The Kier molecular flexibility index (Phi) is 6.06. The van der Waals surface area contributed by atoms with E-state index in [1.54, 1.807) is 24.4 Å². The van der Waals surface area contributed by atoms with Crippen LogP contribution in [-0.4, -0.2) is 20.9 Å². The zero-order valence-corrected chi connectivity index (χ0v) is 16.2. The van der Waals surface area contributed by atoms with E-state index < -0.39 is 4.92 Å². The van der Waals surface area contributed by atoms with E-state index in [-0.39, 0.29) is 23.4 Å². The Hall–Kier alpha value is -3.19. The standard InChI is InChI=1S/C20H19ClN4O3/c1-14(2)24(13-15-8-10-18(21)22-12-15)20-17(25(26)27)9-11-19(23-20)28-16-6-4-3-5-7-16/h3-12,14H,13H2,1-2H3. The van der Waals surface area contributed by atoms with E-state index in [0.29, 0.717) is 17.4 Å². The molecule has 28 heavy (non-hydrogen) atoms. The first-order chi connectivity index (χ1) is 13.4. The van der Waals surface area contributed by atoms with Crippen molar-refractivity contribution in [3.05, 3.63) is 81.6 Å². The van der Waals surface area contributed by atoms with Gasteiger partial charge in [0.15, 0.2) is 0 Å². The molecule has 1 aromatic carbocycles. The minimum absolute atomic E-state index is 0.0474. The molecule has 0 saturated heterocycles. The van der Waals surface area contributed by atoms with Gasteiger partial charge in [-0.1, -0.05) is 35.9 Å². The third-order valence-electron chi connectivity index (χ3n) is 4.03. The topological polar surface area (TPSA) is 81.4 Å². The van der Waals surface area contributed by atoms with Crippen LogP contribution in [0.1, 0.15) is 19.4 Å². The summed E-state index contributed by atoms with van der Waals surface area (Å²) in [5.41, 5.74) is 0.777. The molecule has 0 unspecified atom stereocenters. The van der Waals surface area contributed by atoms with Gasteiger partial charge in [-0.15, -0.1) is 0 Å². The molecule has 0 aliphatic carbocycles. The molecule has 3 rings (SSSR count). The summed E-state index contributed by atoms with van der Waals surface area (Å²) >= 11 is 5.85. The quantitative estimate of drug-likeness (QED) is 0.307. The van der Waals surface area contributed by atoms with Crippen LogP contribution in [0.2, 0.25) is 5.15 Å². The van der Waals surface area contributed by atoms with E-state index in [4.69, 9.17) is 16.3 Å². The van der Waals surface area contributed by atoms with Crippen molar-refractivity contribution in [1.82, 2.24) is 9.97 Å². The van der Waals surface area contributed by atoms with Crippen molar-refractivity contribution in [3.8, 4) is 11.6 Å². The Balaban J connectivity index is 1.97. The van der Waals surface area contributed by atoms with E-state index in [0.717, 1.165) is 5.56 Å². The largest absolute Gasteiger partial charge is 0.439 e. The highest BCUT2D eigenvalue weighted by atomic mass is 35.5. The Morgan fingerprint density at radius 1 is 1.14 bits per heavy atom. The molecule has 0 aliphatic rings. The second kappa shape index (κ2) is 8.67. The first-order valence-corrected chi connectivity index (χ1v) is 9.07. The third-order valence-corrected chi connectivity index (χ3v) is 4.25. The first-order valence-electron chi connectivity index (χ1n) is 8.69. The second-order valence-electron chi connectivity index (χ2n) is 6.38. The van der Waals surface area contributed by atoms with Crippen molar-refractivity contribution in [2.75, 3.05) is 4.90 Å². The molecule has 0 amide bonds. The van der Waals surface area contributed by atoms with Gasteiger partial charge in [-0.25, -0.2) is 4.98 Å². The predicted octanol–water partition coefficient (Wildman–Crippen LogP) is 5.25. The monoisotopic (exact) mass is 398 g/mol. The summed E-state index contributed by atoms with van der Waals surface area (Å²) in [6.45, 7) is 4.28. The minimum Gasteiger partial charge on any atom is -0.439 e. The molecule has 8 heteroatoms. The molecular formula is C20H19ClN4O3. The van der Waals surface area contributed by atoms with Crippen LogP contribution in [0, 0.1) is 10.1 Å². The molecule has 2 heterocycles. The smallest absolute Gasteiger partial charge is 0.311 e. The van der Waals surface area contributed by atoms with Crippen LogP contribution in [0.5, 0.6) is 11.6 Å². The highest BCUT2D eigenvalue weighted by molar-refractivity contribution is 6.29. The van der Waals surface area contributed by atoms with Gasteiger partial charge in [-0.2, -0.15) is 4.98 Å². The summed E-state index contributed by atoms with van der Waals surface area (Å²) in [7, 11) is 0. The van der Waals surface area contributed by atoms with Gasteiger partial charge in [-0.3, -0.25) is 10.1 Å². The summed E-state index contributed by atoms with van der Waals surface area (Å²) in [5, 5.41) is 12.0. The molecule has 0 radical (unpaired) electrons. The second-order valence-corrected chi connectivity index (χ2v) is 6.76. The highest BCUT2D eigenvalue weighted by Crippen LogP contribution is 2.32. The maximum atomic E-state index is 11.6. The Morgan fingerprint density at radius 3 is 2.50 bits per heavy atom. The van der Waals surface area contributed by atoms with Crippen LogP contribution in [0.25, 0.3) is 0 Å². The third kappa shape index (κ3) is 4.75. The number of anilines is 1. The van der Waals surface area contributed by atoms with Gasteiger partial charge < -0.3 is 9.64 Å². The lowest BCUT2D eigenvalue weighted by Gasteiger charge is -2.27. The van der Waals surface area contributed by atoms with Crippen LogP contribution in [0.3, 0.4) is 0 Å². The fourth-order valence-electron chi connectivity index (χ4n) is 2.64. The number of ether oxygens (including phenoxy) is 1. The first kappa shape index (κ1) is 19.6. The number of benzene rings is 1. The number of pyridine rings is 2. The maximum absolute atomic E-state index is 11.6. The van der Waals surface area contributed by atoms with E-state index in [1.807, 2.05) is 43.0 Å². The number of halogens is 1. The number of nitrogens with zero attached hydrogens (tertiary/aromatic N) is 4. The Bertz CT molecular complexity index is 949. The molecule has 0 N–H and O–H groups in total. The van der Waals surface area contributed by atoms with Crippen LogP contribution < -0.4 is 9.64 Å². The molecule has 0 bridgehead atoms. The van der Waals surface area contributed by atoms with E-state index >= 15 is 0 Å². The molecule has 0 saturated carbocycles. The number of nitro groups is 1. The van der Waals surface area contributed by atoms with Gasteiger partial charge in [0.2, 0.25) is 11.7 Å². The lowest BCUT2D eigenvalue weighted by Crippen LogP contribution is -2.31. The summed E-state index contributed by atoms with van der Waals surface area (Å²) in [4.78, 5) is 21.5. The zero-order chi connectivity index (χ0) is 20.1. The Labute approximate surface area is 167 Å². The van der Waals surface area contributed by atoms with Crippen LogP contribution in [0.4, 0.5) is 11.5 Å². The minimum atomic E-state index is -0.440. The average Bonchev–Trinajstić information content (AvgIpc) is 2.68. The van der Waals surface area contributed by atoms with Gasteiger partial charge in [0.25, 0.3) is 0 Å². The van der Waals surface area contributed by atoms with Crippen LogP contribution in [-0.2, 0) is 6.54 Å². The number of hydrogen-bond donors (Lipinski definition) is 0. The summed E-state index contributed by atoms with van der Waals surface area (Å²) in [6, 6.07) is 15.5. The van der Waals surface area contributed by atoms with Crippen molar-refractivity contribution >= 4 is 23.1 Å². The van der Waals surface area contributed by atoms with Gasteiger partial charge in [0, 0.05) is 30.9 Å². The van der Waals surface area contributed by atoms with E-state index in [2.05, 4.69) is 9.97 Å². The predicted molar refractivity (Wildman–Crippen MR) is 108 cm³/mol. The molecule has 0 spiro atoms. The molecule has 0 aliphatic heterocycles. The molecular weight excluding hydrogens is 380 g/mol. The van der Waals surface area contributed by atoms with Crippen LogP contribution in [0.15, 0.2) is 60.8 Å². The van der Waals surface area contributed by atoms with Gasteiger partial charge in [0.05, 0.1) is 4.92 Å². The summed E-state index contributed by atoms with van der Waals surface area (Å²) < 4.78 is 5.76. The number of rotatable bonds is 7.